The van der Waals surface area contributed by atoms with E-state index in [1.54, 1.807) is 12.1 Å². The van der Waals surface area contributed by atoms with Gasteiger partial charge in [-0.2, -0.15) is 0 Å². The molecule has 3 heterocycles. The highest BCUT2D eigenvalue weighted by atomic mass is 32.2. The zero-order valence-electron chi connectivity index (χ0n) is 21.7. The zero-order valence-corrected chi connectivity index (χ0v) is 22.5. The van der Waals surface area contributed by atoms with Crippen LogP contribution in [-0.2, 0) is 23.4 Å². The van der Waals surface area contributed by atoms with Gasteiger partial charge in [0.25, 0.3) is 0 Å². The van der Waals surface area contributed by atoms with Crippen LogP contribution in [0.3, 0.4) is 0 Å². The second-order valence-corrected chi connectivity index (χ2v) is 12.4. The van der Waals surface area contributed by atoms with Crippen molar-refractivity contribution in [2.45, 2.75) is 50.1 Å². The quantitative estimate of drug-likeness (QED) is 0.348. The van der Waals surface area contributed by atoms with Crippen molar-refractivity contribution in [3.63, 3.8) is 0 Å². The summed E-state index contributed by atoms with van der Waals surface area (Å²) in [4.78, 5) is 7.66. The van der Waals surface area contributed by atoms with Crippen molar-refractivity contribution >= 4 is 20.9 Å². The number of piperidine rings is 1. The number of aromatic nitrogens is 2. The van der Waals surface area contributed by atoms with Gasteiger partial charge in [-0.25, -0.2) is 8.42 Å². The van der Waals surface area contributed by atoms with E-state index in [4.69, 9.17) is 4.98 Å². The normalized spacial score (nSPS) is 16.1. The van der Waals surface area contributed by atoms with Crippen LogP contribution < -0.4 is 6.15 Å². The first-order valence-electron chi connectivity index (χ1n) is 12.2. The van der Waals surface area contributed by atoms with E-state index in [2.05, 4.69) is 59.7 Å². The summed E-state index contributed by atoms with van der Waals surface area (Å²) in [5.41, 5.74) is 7.78. The second-order valence-electron chi connectivity index (χ2n) is 10.4. The Kier molecular flexibility index (Phi) is 7.10. The Bertz CT molecular complexity index is 1470. The molecule has 6 nitrogen and oxygen atoms in total. The summed E-state index contributed by atoms with van der Waals surface area (Å²) >= 11 is 0. The highest BCUT2D eigenvalue weighted by Crippen LogP contribution is 2.31. The van der Waals surface area contributed by atoms with E-state index in [1.165, 1.54) is 37.6 Å². The smallest absolute Gasteiger partial charge is 0.175 e. The van der Waals surface area contributed by atoms with E-state index in [0.29, 0.717) is 4.90 Å². The van der Waals surface area contributed by atoms with Gasteiger partial charge in [-0.1, -0.05) is 42.8 Å². The molecule has 0 radical (unpaired) electrons. The predicted octanol–water partition coefficient (Wildman–Crippen LogP) is 6.24. The largest absolute Gasteiger partial charge is 0.344 e. The van der Waals surface area contributed by atoms with Crippen LogP contribution in [0.2, 0.25) is 0 Å². The Morgan fingerprint density at radius 3 is 2.22 bits per heavy atom. The first kappa shape index (κ1) is 26.1. The van der Waals surface area contributed by atoms with Gasteiger partial charge in [0.05, 0.1) is 21.6 Å². The molecular weight excluding hydrogens is 468 g/mol. The lowest BCUT2D eigenvalue weighted by atomic mass is 9.90. The maximum atomic E-state index is 11.8. The molecule has 36 heavy (non-hydrogen) atoms. The van der Waals surface area contributed by atoms with E-state index in [1.807, 2.05) is 25.4 Å². The third-order valence-corrected chi connectivity index (χ3v) is 8.58. The molecule has 3 N–H and O–H groups in total. The van der Waals surface area contributed by atoms with E-state index in [0.717, 1.165) is 40.0 Å². The molecule has 190 valence electrons. The lowest BCUT2D eigenvalue weighted by molar-refractivity contribution is 0.0692. The summed E-state index contributed by atoms with van der Waals surface area (Å²) in [6.07, 6.45) is 7.03. The van der Waals surface area contributed by atoms with Crippen LogP contribution in [0.5, 0.6) is 0 Å². The Balaban J connectivity index is 0.00000304. The predicted molar refractivity (Wildman–Crippen MR) is 148 cm³/mol. The zero-order chi connectivity index (χ0) is 24.8. The van der Waals surface area contributed by atoms with Crippen LogP contribution in [0.25, 0.3) is 33.4 Å². The fourth-order valence-electron chi connectivity index (χ4n) is 5.14. The highest BCUT2D eigenvalue weighted by Gasteiger charge is 2.29. The van der Waals surface area contributed by atoms with Crippen molar-refractivity contribution in [1.82, 2.24) is 20.6 Å². The topological polar surface area (TPSA) is 90.2 Å². The molecule has 0 atom stereocenters. The van der Waals surface area contributed by atoms with Gasteiger partial charge in [0.2, 0.25) is 0 Å². The standard InChI is InChI=1S/C29H33N3O2S.H3N/c1-29(2)15-5-6-16-32(29)20-21-7-9-22(10-8-21)24-17-28-26(30-19-24)18-27(31(28)3)23-11-13-25(14-12-23)35(4,33)34;/h7-14,17-19H,5-6,15-16,20H2,1-4H3;1H3. The summed E-state index contributed by atoms with van der Waals surface area (Å²) in [5.74, 6) is 0. The Morgan fingerprint density at radius 1 is 0.917 bits per heavy atom. The number of aryl methyl sites for hydroxylation is 1. The highest BCUT2D eigenvalue weighted by molar-refractivity contribution is 7.90. The van der Waals surface area contributed by atoms with E-state index < -0.39 is 9.84 Å². The van der Waals surface area contributed by atoms with Crippen molar-refractivity contribution in [2.24, 2.45) is 7.05 Å². The number of pyridine rings is 1. The van der Waals surface area contributed by atoms with Crippen molar-refractivity contribution in [1.29, 1.82) is 0 Å². The van der Waals surface area contributed by atoms with Gasteiger partial charge in [0.1, 0.15) is 0 Å². The van der Waals surface area contributed by atoms with Gasteiger partial charge in [-0.15, -0.1) is 0 Å². The lowest BCUT2D eigenvalue weighted by Crippen LogP contribution is -2.46. The number of rotatable bonds is 5. The number of nitrogens with zero attached hydrogens (tertiary/aromatic N) is 3. The molecule has 4 aromatic rings. The summed E-state index contributed by atoms with van der Waals surface area (Å²) in [6.45, 7) is 6.87. The molecule has 2 aromatic heterocycles. The Morgan fingerprint density at radius 2 is 1.58 bits per heavy atom. The van der Waals surface area contributed by atoms with Crippen molar-refractivity contribution in [2.75, 3.05) is 12.8 Å². The summed E-state index contributed by atoms with van der Waals surface area (Å²) in [5, 5.41) is 0. The van der Waals surface area contributed by atoms with Crippen LogP contribution in [0.1, 0.15) is 38.7 Å². The third-order valence-electron chi connectivity index (χ3n) is 7.46. The van der Waals surface area contributed by atoms with E-state index >= 15 is 0 Å². The number of hydrogen-bond acceptors (Lipinski definition) is 5. The molecule has 0 bridgehead atoms. The minimum Gasteiger partial charge on any atom is -0.344 e. The Hall–Kier alpha value is -3.00. The first-order valence-corrected chi connectivity index (χ1v) is 14.1. The molecule has 2 aromatic carbocycles. The maximum Gasteiger partial charge on any atom is 0.175 e. The van der Waals surface area contributed by atoms with Gasteiger partial charge in [-0.05, 0) is 74.2 Å². The average Bonchev–Trinajstić information content (AvgIpc) is 3.16. The van der Waals surface area contributed by atoms with Crippen molar-refractivity contribution in [3.8, 4) is 22.4 Å². The molecule has 1 saturated heterocycles. The third kappa shape index (κ3) is 5.09. The molecular formula is C29H36N4O2S. The SMILES string of the molecule is Cn1c(-c2ccc(S(C)(=O)=O)cc2)cc2ncc(-c3ccc(CN4CCCCC4(C)C)cc3)cc21.N. The summed E-state index contributed by atoms with van der Waals surface area (Å²) in [7, 11) is -1.19. The molecule has 5 rings (SSSR count). The van der Waals surface area contributed by atoms with Crippen molar-refractivity contribution in [3.05, 3.63) is 72.4 Å². The molecule has 0 aliphatic carbocycles. The average molecular weight is 505 g/mol. The Labute approximate surface area is 214 Å². The van der Waals surface area contributed by atoms with E-state index in [-0.39, 0.29) is 11.7 Å². The van der Waals surface area contributed by atoms with Gasteiger partial charge in [-0.3, -0.25) is 9.88 Å². The molecule has 0 saturated carbocycles. The molecule has 1 aliphatic heterocycles. The van der Waals surface area contributed by atoms with Crippen LogP contribution in [0.4, 0.5) is 0 Å². The van der Waals surface area contributed by atoms with Gasteiger partial charge in [0, 0.05) is 37.1 Å². The number of fused-ring (bicyclic) bond motifs is 1. The minimum atomic E-state index is -3.21. The first-order chi connectivity index (χ1) is 16.6. The van der Waals surface area contributed by atoms with Gasteiger partial charge < -0.3 is 10.7 Å². The molecule has 1 fully saturated rings. The number of benzene rings is 2. The van der Waals surface area contributed by atoms with Crippen LogP contribution >= 0.6 is 0 Å². The molecule has 7 heteroatoms. The number of likely N-dealkylation sites (tertiary alicyclic amines) is 1. The molecule has 0 amide bonds. The van der Waals surface area contributed by atoms with Gasteiger partial charge in [0.15, 0.2) is 9.84 Å². The van der Waals surface area contributed by atoms with Gasteiger partial charge >= 0.3 is 0 Å². The second kappa shape index (κ2) is 9.81. The maximum absolute atomic E-state index is 11.8. The number of sulfone groups is 1. The van der Waals surface area contributed by atoms with Crippen LogP contribution in [-0.4, -0.2) is 41.2 Å². The number of hydrogen-bond donors (Lipinski definition) is 1. The molecule has 1 aliphatic rings. The minimum absolute atomic E-state index is 0. The molecule has 0 unspecified atom stereocenters. The van der Waals surface area contributed by atoms with Crippen LogP contribution in [0, 0.1) is 0 Å². The summed E-state index contributed by atoms with van der Waals surface area (Å²) < 4.78 is 25.7. The molecule has 0 spiro atoms. The fourth-order valence-corrected chi connectivity index (χ4v) is 5.78. The van der Waals surface area contributed by atoms with E-state index in [9.17, 15) is 8.42 Å². The summed E-state index contributed by atoms with van der Waals surface area (Å²) in [6, 6.07) is 20.1. The monoisotopic (exact) mass is 504 g/mol. The van der Waals surface area contributed by atoms with Crippen molar-refractivity contribution < 1.29 is 8.42 Å². The fraction of sp³-hybridized carbons (Fsp3) is 0.345. The lowest BCUT2D eigenvalue weighted by Gasteiger charge is -2.42. The van der Waals surface area contributed by atoms with Crippen LogP contribution in [0.15, 0.2) is 71.8 Å².